The van der Waals surface area contributed by atoms with Gasteiger partial charge in [-0.25, -0.2) is 0 Å². The second-order valence-electron chi connectivity index (χ2n) is 11.2. The highest BCUT2D eigenvalue weighted by molar-refractivity contribution is 5.93. The molecule has 5 rings (SSSR count). The van der Waals surface area contributed by atoms with Crippen molar-refractivity contribution in [2.75, 3.05) is 19.0 Å². The van der Waals surface area contributed by atoms with Crippen molar-refractivity contribution in [2.45, 2.75) is 77.2 Å². The number of hydrogen-bond donors (Lipinski definition) is 1. The molecule has 0 heterocycles. The minimum atomic E-state index is -0.922. The maximum Gasteiger partial charge on any atom is 0.156 e. The molecule has 5 atom stereocenters. The average Bonchev–Trinajstić information content (AvgIpc) is 3.03. The molecule has 0 aliphatic heterocycles. The highest BCUT2D eigenvalue weighted by Gasteiger charge is 2.62. The summed E-state index contributed by atoms with van der Waals surface area (Å²) < 4.78 is 0. The van der Waals surface area contributed by atoms with Crippen LogP contribution in [-0.2, 0) is 4.79 Å². The molecule has 2 saturated carbocycles. The largest absolute Gasteiger partial charge is 0.377 e. The smallest absolute Gasteiger partial charge is 0.156 e. The molecular weight excluding hydrogens is 406 g/mol. The Balaban J connectivity index is 1.71. The zero-order valence-electron chi connectivity index (χ0n) is 20.8. The SMILES string of the molecule is CC#C[C@]1(O)CC[C@H]2[C@@H]3CCC4=CC(=O)CCC4=C3[C@@H](c3ccc(C)c(N(C)C)c3)C[C@@]21C. The summed E-state index contributed by atoms with van der Waals surface area (Å²) in [6.07, 6.45) is 8.22. The number of allylic oxidation sites excluding steroid dienone is 4. The van der Waals surface area contributed by atoms with Gasteiger partial charge in [-0.05, 0) is 98.6 Å². The van der Waals surface area contributed by atoms with Gasteiger partial charge in [0.15, 0.2) is 5.78 Å². The van der Waals surface area contributed by atoms with Gasteiger partial charge in [0, 0.05) is 37.5 Å². The molecule has 1 aromatic rings. The lowest BCUT2D eigenvalue weighted by molar-refractivity contribution is -0.114. The fourth-order valence-electron chi connectivity index (χ4n) is 7.70. The Hall–Kier alpha value is -2.31. The minimum Gasteiger partial charge on any atom is -0.377 e. The lowest BCUT2D eigenvalue weighted by atomic mass is 9.51. The van der Waals surface area contributed by atoms with Gasteiger partial charge in [0.1, 0.15) is 5.60 Å². The third-order valence-corrected chi connectivity index (χ3v) is 9.34. The summed E-state index contributed by atoms with van der Waals surface area (Å²) in [5.74, 6) is 7.75. The first-order valence-electron chi connectivity index (χ1n) is 12.6. The van der Waals surface area contributed by atoms with E-state index in [1.165, 1.54) is 28.0 Å². The summed E-state index contributed by atoms with van der Waals surface area (Å²) in [6.45, 7) is 6.32. The first kappa shape index (κ1) is 22.5. The molecule has 1 N–H and O–H groups in total. The monoisotopic (exact) mass is 443 g/mol. The molecule has 0 amide bonds. The number of nitrogens with zero attached hydrogens (tertiary/aromatic N) is 1. The number of fused-ring (bicyclic) bond motifs is 4. The molecule has 0 radical (unpaired) electrons. The van der Waals surface area contributed by atoms with E-state index in [1.807, 2.05) is 13.0 Å². The minimum absolute atomic E-state index is 0.232. The van der Waals surface area contributed by atoms with Crippen LogP contribution in [0.25, 0.3) is 0 Å². The molecule has 0 spiro atoms. The zero-order chi connectivity index (χ0) is 23.5. The molecule has 33 heavy (non-hydrogen) atoms. The first-order chi connectivity index (χ1) is 15.7. The summed E-state index contributed by atoms with van der Waals surface area (Å²) in [5.41, 5.74) is 7.04. The number of carbonyl (C=O) groups is 1. The number of benzene rings is 1. The maximum atomic E-state index is 12.2. The third-order valence-electron chi connectivity index (χ3n) is 9.34. The molecule has 0 unspecified atom stereocenters. The molecule has 4 aliphatic rings. The van der Waals surface area contributed by atoms with Gasteiger partial charge in [0.2, 0.25) is 0 Å². The fourth-order valence-corrected chi connectivity index (χ4v) is 7.70. The lowest BCUT2D eigenvalue weighted by Crippen LogP contribution is -2.51. The van der Waals surface area contributed by atoms with Crippen LogP contribution in [0.1, 0.15) is 75.8 Å². The summed E-state index contributed by atoms with van der Waals surface area (Å²) in [5, 5.41) is 11.8. The van der Waals surface area contributed by atoms with Crippen molar-refractivity contribution in [3.8, 4) is 11.8 Å². The van der Waals surface area contributed by atoms with Crippen molar-refractivity contribution in [3.05, 3.63) is 52.1 Å². The van der Waals surface area contributed by atoms with E-state index < -0.39 is 5.60 Å². The summed E-state index contributed by atoms with van der Waals surface area (Å²) >= 11 is 0. The standard InChI is InChI=1S/C30H37NO2/c1-6-14-30(33)15-13-26-24-11-9-20-16-22(32)10-12-23(20)28(24)25(18-29(26,30)3)21-8-7-19(2)27(17-21)31(4)5/h7-8,16-17,24-26,33H,9-13,15,18H2,1-5H3/t24-,25+,26-,29-,30-/m0/s1. The van der Waals surface area contributed by atoms with Crippen molar-refractivity contribution in [1.29, 1.82) is 0 Å². The van der Waals surface area contributed by atoms with E-state index in [0.29, 0.717) is 18.3 Å². The second-order valence-corrected chi connectivity index (χ2v) is 11.2. The van der Waals surface area contributed by atoms with Crippen LogP contribution in [0.2, 0.25) is 0 Å². The number of anilines is 1. The van der Waals surface area contributed by atoms with Gasteiger partial charge < -0.3 is 10.0 Å². The van der Waals surface area contributed by atoms with E-state index >= 15 is 0 Å². The predicted octanol–water partition coefficient (Wildman–Crippen LogP) is 5.71. The predicted molar refractivity (Wildman–Crippen MR) is 134 cm³/mol. The van der Waals surface area contributed by atoms with Gasteiger partial charge in [0.05, 0.1) is 0 Å². The molecule has 0 saturated heterocycles. The van der Waals surface area contributed by atoms with Crippen LogP contribution in [0.15, 0.2) is 41.0 Å². The number of hydrogen-bond acceptors (Lipinski definition) is 3. The van der Waals surface area contributed by atoms with Gasteiger partial charge in [-0.3, -0.25) is 4.79 Å². The molecule has 174 valence electrons. The Kier molecular flexibility index (Phi) is 5.37. The Bertz CT molecular complexity index is 1130. The molecule has 3 heteroatoms. The van der Waals surface area contributed by atoms with Crippen molar-refractivity contribution in [2.24, 2.45) is 17.3 Å². The van der Waals surface area contributed by atoms with Crippen LogP contribution in [0.3, 0.4) is 0 Å². The van der Waals surface area contributed by atoms with Gasteiger partial charge in [-0.15, -0.1) is 5.92 Å². The van der Waals surface area contributed by atoms with E-state index in [2.05, 4.69) is 62.9 Å². The zero-order valence-corrected chi connectivity index (χ0v) is 20.8. The molecule has 1 aromatic carbocycles. The Morgan fingerprint density at radius 3 is 2.67 bits per heavy atom. The maximum absolute atomic E-state index is 12.2. The first-order valence-corrected chi connectivity index (χ1v) is 12.6. The van der Waals surface area contributed by atoms with Crippen molar-refractivity contribution < 1.29 is 9.90 Å². The number of aryl methyl sites for hydroxylation is 1. The van der Waals surface area contributed by atoms with Gasteiger partial charge >= 0.3 is 0 Å². The highest BCUT2D eigenvalue weighted by atomic mass is 16.3. The number of rotatable bonds is 2. The van der Waals surface area contributed by atoms with Crippen molar-refractivity contribution in [3.63, 3.8) is 0 Å². The summed E-state index contributed by atoms with van der Waals surface area (Å²) in [6, 6.07) is 6.91. The highest BCUT2D eigenvalue weighted by Crippen LogP contribution is 2.66. The lowest BCUT2D eigenvalue weighted by Gasteiger charge is -2.53. The molecule has 0 aromatic heterocycles. The molecular formula is C30H37NO2. The van der Waals surface area contributed by atoms with Crippen molar-refractivity contribution >= 4 is 11.5 Å². The van der Waals surface area contributed by atoms with Crippen LogP contribution in [0.5, 0.6) is 0 Å². The molecule has 4 aliphatic carbocycles. The van der Waals surface area contributed by atoms with E-state index in [4.69, 9.17) is 0 Å². The Morgan fingerprint density at radius 1 is 1.15 bits per heavy atom. The number of ketones is 1. The van der Waals surface area contributed by atoms with Crippen LogP contribution < -0.4 is 4.90 Å². The van der Waals surface area contributed by atoms with E-state index in [1.54, 1.807) is 5.57 Å². The van der Waals surface area contributed by atoms with E-state index in [0.717, 1.165) is 38.5 Å². The topological polar surface area (TPSA) is 40.5 Å². The Morgan fingerprint density at radius 2 is 1.94 bits per heavy atom. The van der Waals surface area contributed by atoms with Gasteiger partial charge in [0.25, 0.3) is 0 Å². The molecule has 3 nitrogen and oxygen atoms in total. The van der Waals surface area contributed by atoms with Crippen LogP contribution >= 0.6 is 0 Å². The molecule has 2 fully saturated rings. The summed E-state index contributed by atoms with van der Waals surface area (Å²) in [4.78, 5) is 14.4. The second kappa shape index (κ2) is 7.88. The summed E-state index contributed by atoms with van der Waals surface area (Å²) in [7, 11) is 4.21. The normalized spacial score (nSPS) is 35.2. The van der Waals surface area contributed by atoms with Gasteiger partial charge in [-0.2, -0.15) is 0 Å². The third kappa shape index (κ3) is 3.33. The average molecular weight is 444 g/mol. The quantitative estimate of drug-likeness (QED) is 0.595. The van der Waals surface area contributed by atoms with Crippen LogP contribution in [-0.4, -0.2) is 30.6 Å². The number of carbonyl (C=O) groups excluding carboxylic acids is 1. The fraction of sp³-hybridized carbons (Fsp3) is 0.567. The van der Waals surface area contributed by atoms with Gasteiger partial charge in [-0.1, -0.05) is 30.6 Å². The Labute approximate surface area is 199 Å². The van der Waals surface area contributed by atoms with E-state index in [9.17, 15) is 9.90 Å². The van der Waals surface area contributed by atoms with Crippen LogP contribution in [0, 0.1) is 36.0 Å². The molecule has 0 bridgehead atoms. The van der Waals surface area contributed by atoms with E-state index in [-0.39, 0.29) is 17.1 Å². The van der Waals surface area contributed by atoms with Crippen LogP contribution in [0.4, 0.5) is 5.69 Å². The number of aliphatic hydroxyl groups is 1. The van der Waals surface area contributed by atoms with Crippen molar-refractivity contribution in [1.82, 2.24) is 0 Å².